The Morgan fingerprint density at radius 1 is 0.963 bits per heavy atom. The summed E-state index contributed by atoms with van der Waals surface area (Å²) >= 11 is 0. The van der Waals surface area contributed by atoms with Crippen LogP contribution in [0.25, 0.3) is 32.9 Å². The van der Waals surface area contributed by atoms with Crippen molar-refractivity contribution in [1.82, 2.24) is 19.9 Å². The molecule has 0 radical (unpaired) electrons. The second-order valence-electron chi connectivity index (χ2n) is 14.7. The fourth-order valence-corrected chi connectivity index (χ4v) is 8.53. The summed E-state index contributed by atoms with van der Waals surface area (Å²) in [5.74, 6) is 5.63. The number of halogens is 2. The van der Waals surface area contributed by atoms with Crippen LogP contribution in [-0.4, -0.2) is 70.4 Å². The van der Waals surface area contributed by atoms with E-state index in [0.29, 0.717) is 34.5 Å². The summed E-state index contributed by atoms with van der Waals surface area (Å²) in [4.78, 5) is 31.3. The molecule has 54 heavy (non-hydrogen) atoms. The van der Waals surface area contributed by atoms with Crippen molar-refractivity contribution < 1.29 is 27.8 Å². The Bertz CT molecular complexity index is 2300. The molecule has 0 N–H and O–H groups in total. The number of pyridine rings is 1. The zero-order valence-electron chi connectivity index (χ0n) is 30.9. The lowest BCUT2D eigenvalue weighted by molar-refractivity contribution is 0.0419. The smallest absolute Gasteiger partial charge is 0.461 e. The maximum atomic E-state index is 17.1. The molecule has 3 aliphatic heterocycles. The van der Waals surface area contributed by atoms with Gasteiger partial charge in [-0.15, -0.1) is 5.92 Å². The Kier molecular flexibility index (Phi) is 9.80. The van der Waals surface area contributed by atoms with Gasteiger partial charge in [0.15, 0.2) is 5.82 Å². The van der Waals surface area contributed by atoms with Crippen LogP contribution >= 0.6 is 0 Å². The summed E-state index contributed by atoms with van der Waals surface area (Å²) in [5.41, 5.74) is 2.48. The molecule has 3 aliphatic rings. The van der Waals surface area contributed by atoms with Gasteiger partial charge in [0.1, 0.15) is 41.8 Å². The fraction of sp³-hybridized carbons (Fsp3) is 0.395. The van der Waals surface area contributed by atoms with Gasteiger partial charge in [0, 0.05) is 36.3 Å². The first-order chi connectivity index (χ1) is 26.2. The zero-order valence-corrected chi connectivity index (χ0v) is 30.9. The van der Waals surface area contributed by atoms with E-state index in [9.17, 15) is 4.79 Å². The van der Waals surface area contributed by atoms with Crippen LogP contribution < -0.4 is 14.4 Å². The Morgan fingerprint density at radius 3 is 2.57 bits per heavy atom. The third-order valence-electron chi connectivity index (χ3n) is 11.1. The van der Waals surface area contributed by atoms with Gasteiger partial charge in [-0.1, -0.05) is 35.7 Å². The number of aromatic nitrogens is 3. The Morgan fingerprint density at radius 2 is 1.78 bits per heavy atom. The first-order valence-corrected chi connectivity index (χ1v) is 18.8. The van der Waals surface area contributed by atoms with Crippen LogP contribution in [0.4, 0.5) is 19.4 Å². The van der Waals surface area contributed by atoms with Crippen molar-refractivity contribution in [2.24, 2.45) is 0 Å². The molecule has 0 bridgehead atoms. The summed E-state index contributed by atoms with van der Waals surface area (Å²) in [5, 5.41) is 1.75. The standard InChI is InChI=1S/C43H43F2N5O4/c1-4-9-32-35(44)15-12-29-22-28(3)23-33(36(29)32)38-37(45)39-34(24-46-38)40(49-19-6-5-7-20-49)48-41(47-39)53-26-43-17-8-21-50(43)30(16-18-43)25-52-42(51)54-31-13-10-27(2)11-14-31/h10-15,22-24,30H,5-8,16-21,25-26H2,1-3H3/t30-,43-/m0/s1. The average Bonchev–Trinajstić information content (AvgIpc) is 3.75. The topological polar surface area (TPSA) is 89.9 Å². The summed E-state index contributed by atoms with van der Waals surface area (Å²) in [6.45, 7) is 8.46. The summed E-state index contributed by atoms with van der Waals surface area (Å²) in [6.07, 6.45) is 7.58. The van der Waals surface area contributed by atoms with E-state index in [-0.39, 0.29) is 41.0 Å². The van der Waals surface area contributed by atoms with Gasteiger partial charge in [0.05, 0.1) is 16.5 Å². The molecule has 3 aromatic carbocycles. The maximum absolute atomic E-state index is 17.1. The number of piperidine rings is 1. The highest BCUT2D eigenvalue weighted by Gasteiger charge is 2.50. The minimum absolute atomic E-state index is 0.0189. The molecule has 8 rings (SSSR count). The van der Waals surface area contributed by atoms with Crippen LogP contribution in [0.5, 0.6) is 11.8 Å². The number of ether oxygens (including phenoxy) is 3. The van der Waals surface area contributed by atoms with E-state index < -0.39 is 17.8 Å². The van der Waals surface area contributed by atoms with Crippen LogP contribution in [0, 0.1) is 37.3 Å². The van der Waals surface area contributed by atoms with E-state index in [4.69, 9.17) is 24.2 Å². The van der Waals surface area contributed by atoms with Crippen molar-refractivity contribution in [3.8, 4) is 34.9 Å². The molecule has 0 amide bonds. The van der Waals surface area contributed by atoms with Gasteiger partial charge in [-0.25, -0.2) is 13.6 Å². The third kappa shape index (κ3) is 6.79. The lowest BCUT2D eigenvalue weighted by Gasteiger charge is -2.34. The van der Waals surface area contributed by atoms with Crippen LogP contribution in [0.15, 0.2) is 54.7 Å². The minimum Gasteiger partial charge on any atom is -0.461 e. The molecule has 5 aromatic rings. The quantitative estimate of drug-likeness (QED) is 0.0884. The van der Waals surface area contributed by atoms with Gasteiger partial charge >= 0.3 is 12.2 Å². The first kappa shape index (κ1) is 35.7. The molecule has 0 unspecified atom stereocenters. The van der Waals surface area contributed by atoms with E-state index >= 15 is 8.78 Å². The highest BCUT2D eigenvalue weighted by atomic mass is 19.1. The summed E-state index contributed by atoms with van der Waals surface area (Å²) in [6, 6.07) is 14.2. The largest absolute Gasteiger partial charge is 0.513 e. The second-order valence-corrected chi connectivity index (χ2v) is 14.7. The molecular weight excluding hydrogens is 688 g/mol. The molecule has 2 aromatic heterocycles. The van der Waals surface area contributed by atoms with Gasteiger partial charge in [0.25, 0.3) is 0 Å². The molecule has 0 saturated carbocycles. The van der Waals surface area contributed by atoms with Crippen LogP contribution in [0.2, 0.25) is 0 Å². The average molecular weight is 732 g/mol. The van der Waals surface area contributed by atoms with Crippen molar-refractivity contribution in [2.75, 3.05) is 37.7 Å². The lowest BCUT2D eigenvalue weighted by Crippen LogP contribution is -2.48. The Labute approximate surface area is 313 Å². The predicted molar refractivity (Wildman–Crippen MR) is 204 cm³/mol. The number of aryl methyl sites for hydroxylation is 2. The molecular formula is C43H43F2N5O4. The molecule has 0 aliphatic carbocycles. The van der Waals surface area contributed by atoms with Crippen molar-refractivity contribution in [2.45, 2.75) is 77.3 Å². The van der Waals surface area contributed by atoms with Crippen molar-refractivity contribution >= 4 is 33.6 Å². The summed E-state index contributed by atoms with van der Waals surface area (Å²) in [7, 11) is 0. The minimum atomic E-state index is -0.726. The SMILES string of the molecule is CC#Cc1c(F)ccc2cc(C)cc(-c3ncc4c(N5CCCCC5)nc(OC[C@@]56CCCN5[C@H](COC(=O)Oc5ccc(C)cc5)CC6)nc4c3F)c12. The number of hydrogen-bond donors (Lipinski definition) is 0. The summed E-state index contributed by atoms with van der Waals surface area (Å²) < 4.78 is 49.7. The number of benzene rings is 3. The Hall–Kier alpha value is -5.34. The van der Waals surface area contributed by atoms with Crippen LogP contribution in [-0.2, 0) is 4.74 Å². The van der Waals surface area contributed by atoms with Crippen LogP contribution in [0.3, 0.4) is 0 Å². The number of carbonyl (C=O) groups is 1. The third-order valence-corrected chi connectivity index (χ3v) is 11.1. The Balaban J connectivity index is 1.10. The van der Waals surface area contributed by atoms with E-state index in [2.05, 4.69) is 26.6 Å². The highest BCUT2D eigenvalue weighted by Crippen LogP contribution is 2.43. The molecule has 11 heteroatoms. The number of hydrogen-bond acceptors (Lipinski definition) is 9. The number of nitrogens with zero attached hydrogens (tertiary/aromatic N) is 5. The second kappa shape index (κ2) is 14.8. The molecule has 278 valence electrons. The number of fused-ring (bicyclic) bond motifs is 3. The van der Waals surface area contributed by atoms with Gasteiger partial charge in [-0.3, -0.25) is 9.88 Å². The van der Waals surface area contributed by atoms with E-state index in [1.807, 2.05) is 38.1 Å². The van der Waals surface area contributed by atoms with Gasteiger partial charge in [-0.05, 0) is 107 Å². The van der Waals surface area contributed by atoms with Gasteiger partial charge in [0.2, 0.25) is 0 Å². The monoisotopic (exact) mass is 731 g/mol. The zero-order chi connectivity index (χ0) is 37.4. The predicted octanol–water partition coefficient (Wildman–Crippen LogP) is 8.69. The van der Waals surface area contributed by atoms with Gasteiger partial charge < -0.3 is 19.1 Å². The number of rotatable bonds is 8. The molecule has 9 nitrogen and oxygen atoms in total. The van der Waals surface area contributed by atoms with E-state index in [1.54, 1.807) is 31.3 Å². The van der Waals surface area contributed by atoms with Crippen LogP contribution in [0.1, 0.15) is 68.6 Å². The van der Waals surface area contributed by atoms with Crippen molar-refractivity contribution in [1.29, 1.82) is 0 Å². The van der Waals surface area contributed by atoms with Crippen molar-refractivity contribution in [3.05, 3.63) is 83.1 Å². The molecule has 3 saturated heterocycles. The molecule has 0 spiro atoms. The normalized spacial score (nSPS) is 19.8. The molecule has 2 atom stereocenters. The fourth-order valence-electron chi connectivity index (χ4n) is 8.53. The van der Waals surface area contributed by atoms with Gasteiger partial charge in [-0.2, -0.15) is 9.97 Å². The molecule has 3 fully saturated rings. The van der Waals surface area contributed by atoms with E-state index in [0.717, 1.165) is 81.1 Å². The number of anilines is 1. The maximum Gasteiger partial charge on any atom is 0.513 e. The van der Waals surface area contributed by atoms with E-state index in [1.165, 1.54) is 6.07 Å². The first-order valence-electron chi connectivity index (χ1n) is 18.8. The van der Waals surface area contributed by atoms with Crippen molar-refractivity contribution in [3.63, 3.8) is 0 Å². The highest BCUT2D eigenvalue weighted by molar-refractivity contribution is 6.02. The molecule has 5 heterocycles. The number of carbonyl (C=O) groups excluding carboxylic acids is 1. The lowest BCUT2D eigenvalue weighted by atomic mass is 9.94.